The van der Waals surface area contributed by atoms with Gasteiger partial charge in [0, 0.05) is 0 Å². The Kier molecular flexibility index (Phi) is 4.33. The molecule has 0 N–H and O–H groups in total. The number of hydrogen-bond donors (Lipinski definition) is 0. The Labute approximate surface area is 189 Å². The molecule has 0 nitrogen and oxygen atoms in total. The zero-order valence-electron chi connectivity index (χ0n) is 18.1. The summed E-state index contributed by atoms with van der Waals surface area (Å²) < 4.78 is 0. The molecule has 5 aromatic carbocycles. The molecule has 1 aliphatic rings. The van der Waals surface area contributed by atoms with Crippen molar-refractivity contribution in [2.45, 2.75) is 12.3 Å². The van der Waals surface area contributed by atoms with Gasteiger partial charge in [-0.3, -0.25) is 0 Å². The average Bonchev–Trinajstić information content (AvgIpc) is 3.17. The standard InChI is InChI=1S/C32H24/c1-23-19-21-24(22-20-23)27-16-10-17-29-28-15-8-9-18-30(28)32(31(27)29,25-11-4-2-5-12-25)26-13-6-3-7-14-26/h2-22H,1H3. The summed E-state index contributed by atoms with van der Waals surface area (Å²) in [5, 5.41) is 0. The monoisotopic (exact) mass is 408 g/mol. The molecular weight excluding hydrogens is 384 g/mol. The van der Waals surface area contributed by atoms with Crippen LogP contribution >= 0.6 is 0 Å². The Morgan fingerprint density at radius 2 is 0.969 bits per heavy atom. The number of aryl methyl sites for hydroxylation is 1. The van der Waals surface area contributed by atoms with Crippen LogP contribution < -0.4 is 0 Å². The molecule has 0 saturated heterocycles. The van der Waals surface area contributed by atoms with Gasteiger partial charge in [0.1, 0.15) is 0 Å². The Morgan fingerprint density at radius 1 is 0.438 bits per heavy atom. The minimum absolute atomic E-state index is 0.365. The molecule has 0 heterocycles. The second-order valence-corrected chi connectivity index (χ2v) is 8.62. The largest absolute Gasteiger partial charge is 0.0719 e. The first-order valence-electron chi connectivity index (χ1n) is 11.2. The van der Waals surface area contributed by atoms with E-state index in [1.165, 1.54) is 50.1 Å². The van der Waals surface area contributed by atoms with Crippen LogP contribution in [0.5, 0.6) is 0 Å². The molecule has 0 heteroatoms. The molecule has 0 aromatic heterocycles. The molecule has 32 heavy (non-hydrogen) atoms. The minimum atomic E-state index is -0.365. The van der Waals surface area contributed by atoms with Crippen LogP contribution in [0.1, 0.15) is 27.8 Å². The lowest BCUT2D eigenvalue weighted by molar-refractivity contribution is 0.770. The van der Waals surface area contributed by atoms with Crippen LogP contribution in [0.4, 0.5) is 0 Å². The smallest absolute Gasteiger partial charge is 0.0622 e. The van der Waals surface area contributed by atoms with E-state index in [4.69, 9.17) is 0 Å². The highest BCUT2D eigenvalue weighted by Gasteiger charge is 2.47. The van der Waals surface area contributed by atoms with Crippen molar-refractivity contribution in [2.75, 3.05) is 0 Å². The summed E-state index contributed by atoms with van der Waals surface area (Å²) in [5.74, 6) is 0. The zero-order chi connectivity index (χ0) is 21.5. The van der Waals surface area contributed by atoms with Gasteiger partial charge in [0.2, 0.25) is 0 Å². The molecule has 0 aliphatic heterocycles. The van der Waals surface area contributed by atoms with Crippen molar-refractivity contribution in [3.8, 4) is 22.3 Å². The normalized spacial score (nSPS) is 13.4. The molecule has 5 aromatic rings. The van der Waals surface area contributed by atoms with Crippen LogP contribution in [0.15, 0.2) is 127 Å². The van der Waals surface area contributed by atoms with E-state index in [0.717, 1.165) is 0 Å². The summed E-state index contributed by atoms with van der Waals surface area (Å²) in [7, 11) is 0. The van der Waals surface area contributed by atoms with Gasteiger partial charge in [-0.25, -0.2) is 0 Å². The maximum absolute atomic E-state index is 2.31. The Balaban J connectivity index is 1.80. The van der Waals surface area contributed by atoms with Crippen LogP contribution in [-0.4, -0.2) is 0 Å². The molecule has 0 atom stereocenters. The summed E-state index contributed by atoms with van der Waals surface area (Å²) in [4.78, 5) is 0. The van der Waals surface area contributed by atoms with E-state index in [2.05, 4.69) is 134 Å². The van der Waals surface area contributed by atoms with E-state index in [0.29, 0.717) is 0 Å². The van der Waals surface area contributed by atoms with Crippen molar-refractivity contribution in [3.05, 3.63) is 155 Å². The highest BCUT2D eigenvalue weighted by molar-refractivity contribution is 5.92. The fraction of sp³-hybridized carbons (Fsp3) is 0.0625. The molecule has 0 spiro atoms. The van der Waals surface area contributed by atoms with Gasteiger partial charge in [-0.05, 0) is 51.4 Å². The number of fused-ring (bicyclic) bond motifs is 3. The van der Waals surface area contributed by atoms with Gasteiger partial charge in [0.05, 0.1) is 5.41 Å². The van der Waals surface area contributed by atoms with Gasteiger partial charge in [0.25, 0.3) is 0 Å². The lowest BCUT2D eigenvalue weighted by Gasteiger charge is -2.35. The molecular formula is C32H24. The van der Waals surface area contributed by atoms with E-state index >= 15 is 0 Å². The van der Waals surface area contributed by atoms with Gasteiger partial charge in [0.15, 0.2) is 0 Å². The van der Waals surface area contributed by atoms with Gasteiger partial charge in [-0.2, -0.15) is 0 Å². The fourth-order valence-electron chi connectivity index (χ4n) is 5.48. The van der Waals surface area contributed by atoms with Crippen LogP contribution in [0.3, 0.4) is 0 Å². The predicted molar refractivity (Wildman–Crippen MR) is 134 cm³/mol. The summed E-state index contributed by atoms with van der Waals surface area (Å²) in [5.41, 5.74) is 11.5. The van der Waals surface area contributed by atoms with Crippen molar-refractivity contribution in [1.82, 2.24) is 0 Å². The van der Waals surface area contributed by atoms with Crippen LogP contribution in [0, 0.1) is 6.92 Å². The topological polar surface area (TPSA) is 0 Å². The average molecular weight is 409 g/mol. The third kappa shape index (κ3) is 2.63. The second-order valence-electron chi connectivity index (χ2n) is 8.62. The third-order valence-corrected chi connectivity index (χ3v) is 6.84. The first kappa shape index (κ1) is 18.8. The number of benzene rings is 5. The van der Waals surface area contributed by atoms with E-state index < -0.39 is 0 Å². The SMILES string of the molecule is Cc1ccc(-c2cccc3c2C(c2ccccc2)(c2ccccc2)c2ccccc2-3)cc1. The molecule has 152 valence electrons. The lowest BCUT2D eigenvalue weighted by atomic mass is 9.66. The number of rotatable bonds is 3. The Bertz CT molecular complexity index is 1350. The number of hydrogen-bond acceptors (Lipinski definition) is 0. The molecule has 0 fully saturated rings. The first-order chi connectivity index (χ1) is 15.8. The van der Waals surface area contributed by atoms with E-state index in [1.807, 2.05) is 0 Å². The molecule has 0 unspecified atom stereocenters. The lowest BCUT2D eigenvalue weighted by Crippen LogP contribution is -2.29. The van der Waals surface area contributed by atoms with Crippen molar-refractivity contribution >= 4 is 0 Å². The molecule has 0 bridgehead atoms. The van der Waals surface area contributed by atoms with Crippen molar-refractivity contribution in [3.63, 3.8) is 0 Å². The van der Waals surface area contributed by atoms with E-state index in [9.17, 15) is 0 Å². The van der Waals surface area contributed by atoms with Crippen LogP contribution in [0.2, 0.25) is 0 Å². The molecule has 0 amide bonds. The van der Waals surface area contributed by atoms with Crippen molar-refractivity contribution in [1.29, 1.82) is 0 Å². The summed E-state index contributed by atoms with van der Waals surface area (Å²) in [6, 6.07) is 46.6. The Morgan fingerprint density at radius 3 is 1.62 bits per heavy atom. The summed E-state index contributed by atoms with van der Waals surface area (Å²) in [6.45, 7) is 2.15. The highest BCUT2D eigenvalue weighted by Crippen LogP contribution is 2.58. The van der Waals surface area contributed by atoms with Gasteiger partial charge in [-0.1, -0.05) is 133 Å². The van der Waals surface area contributed by atoms with E-state index in [-0.39, 0.29) is 5.41 Å². The Hall–Kier alpha value is -3.90. The van der Waals surface area contributed by atoms with Gasteiger partial charge < -0.3 is 0 Å². The summed E-state index contributed by atoms with van der Waals surface area (Å²) in [6.07, 6.45) is 0. The maximum atomic E-state index is 2.31. The second kappa shape index (κ2) is 7.35. The van der Waals surface area contributed by atoms with Crippen molar-refractivity contribution in [2.24, 2.45) is 0 Å². The van der Waals surface area contributed by atoms with Gasteiger partial charge in [-0.15, -0.1) is 0 Å². The molecule has 6 rings (SSSR count). The van der Waals surface area contributed by atoms with E-state index in [1.54, 1.807) is 0 Å². The molecule has 1 aliphatic carbocycles. The quantitative estimate of drug-likeness (QED) is 0.278. The molecule has 0 radical (unpaired) electrons. The van der Waals surface area contributed by atoms with Crippen molar-refractivity contribution < 1.29 is 0 Å². The summed E-state index contributed by atoms with van der Waals surface area (Å²) >= 11 is 0. The fourth-order valence-corrected chi connectivity index (χ4v) is 5.48. The highest BCUT2D eigenvalue weighted by atomic mass is 14.5. The first-order valence-corrected chi connectivity index (χ1v) is 11.2. The maximum Gasteiger partial charge on any atom is 0.0719 e. The predicted octanol–water partition coefficient (Wildman–Crippen LogP) is 8.03. The van der Waals surface area contributed by atoms with Gasteiger partial charge >= 0.3 is 0 Å². The minimum Gasteiger partial charge on any atom is -0.0622 e. The third-order valence-electron chi connectivity index (χ3n) is 6.84. The zero-order valence-corrected chi connectivity index (χ0v) is 18.1. The molecule has 0 saturated carbocycles. The van der Waals surface area contributed by atoms with Crippen LogP contribution in [0.25, 0.3) is 22.3 Å². The van der Waals surface area contributed by atoms with Crippen LogP contribution in [-0.2, 0) is 5.41 Å².